The zero-order valence-corrected chi connectivity index (χ0v) is 16.5. The van der Waals surface area contributed by atoms with Crippen LogP contribution in [-0.2, 0) is 0 Å². The van der Waals surface area contributed by atoms with Crippen molar-refractivity contribution in [3.8, 4) is 5.75 Å². The Labute approximate surface area is 171 Å². The van der Waals surface area contributed by atoms with Gasteiger partial charge in [0.05, 0.1) is 18.0 Å². The van der Waals surface area contributed by atoms with E-state index in [1.54, 1.807) is 12.1 Å². The second-order valence-electron chi connectivity index (χ2n) is 7.71. The molecule has 8 heteroatoms. The summed E-state index contributed by atoms with van der Waals surface area (Å²) in [5, 5.41) is 0.141. The highest BCUT2D eigenvalue weighted by Crippen LogP contribution is 2.51. The lowest BCUT2D eigenvalue weighted by Gasteiger charge is -2.26. The van der Waals surface area contributed by atoms with Gasteiger partial charge in [0, 0.05) is 29.4 Å². The molecule has 3 atom stereocenters. The highest BCUT2D eigenvalue weighted by molar-refractivity contribution is 6.03. The lowest BCUT2D eigenvalue weighted by molar-refractivity contribution is 0.0997. The van der Waals surface area contributed by atoms with Gasteiger partial charge in [-0.25, -0.2) is 4.39 Å². The summed E-state index contributed by atoms with van der Waals surface area (Å²) in [6, 6.07) is 5.70. The van der Waals surface area contributed by atoms with Crippen molar-refractivity contribution in [2.75, 3.05) is 7.11 Å². The molecular formula is C22H21F2N3O3. The van der Waals surface area contributed by atoms with Crippen LogP contribution >= 0.6 is 0 Å². The van der Waals surface area contributed by atoms with Gasteiger partial charge in [-0.3, -0.25) is 14.6 Å². The number of amides is 1. The molecule has 1 aliphatic rings. The van der Waals surface area contributed by atoms with Crippen molar-refractivity contribution in [1.82, 2.24) is 9.97 Å². The summed E-state index contributed by atoms with van der Waals surface area (Å²) in [5.74, 6) is -3.03. The lowest BCUT2D eigenvalue weighted by atomic mass is 9.81. The smallest absolute Gasteiger partial charge is 0.268 e. The molecule has 2 aromatic heterocycles. The summed E-state index contributed by atoms with van der Waals surface area (Å²) in [6.07, 6.45) is 3.01. The first-order valence-corrected chi connectivity index (χ1v) is 9.67. The van der Waals surface area contributed by atoms with E-state index in [1.807, 2.05) is 6.92 Å². The predicted molar refractivity (Wildman–Crippen MR) is 108 cm³/mol. The molecule has 3 aromatic rings. The Morgan fingerprint density at radius 2 is 2.03 bits per heavy atom. The Bertz CT molecular complexity index is 1210. The van der Waals surface area contributed by atoms with Crippen LogP contribution in [0, 0.1) is 17.6 Å². The summed E-state index contributed by atoms with van der Waals surface area (Å²) in [5.41, 5.74) is 6.59. The number of nitrogens with two attached hydrogens (primary N) is 1. The van der Waals surface area contributed by atoms with Gasteiger partial charge in [0.1, 0.15) is 5.69 Å². The lowest BCUT2D eigenvalue weighted by Crippen LogP contribution is -2.19. The summed E-state index contributed by atoms with van der Waals surface area (Å²) < 4.78 is 33.3. The molecule has 0 radical (unpaired) electrons. The quantitative estimate of drug-likeness (QED) is 0.683. The summed E-state index contributed by atoms with van der Waals surface area (Å²) >= 11 is 0. The summed E-state index contributed by atoms with van der Waals surface area (Å²) in [7, 11) is 1.31. The number of primary amides is 1. The van der Waals surface area contributed by atoms with Crippen LogP contribution in [0.3, 0.4) is 0 Å². The number of nitrogens with zero attached hydrogens (tertiary/aromatic N) is 1. The fraction of sp³-hybridized carbons (Fsp3) is 0.318. The maximum absolute atomic E-state index is 14.4. The highest BCUT2D eigenvalue weighted by Gasteiger charge is 2.39. The maximum Gasteiger partial charge on any atom is 0.268 e. The number of methoxy groups -OCH3 is 1. The van der Waals surface area contributed by atoms with Crippen LogP contribution in [0.5, 0.6) is 5.75 Å². The van der Waals surface area contributed by atoms with E-state index in [-0.39, 0.29) is 40.0 Å². The number of nitrogens with one attached hydrogen (secondary N) is 1. The number of pyridine rings is 2. The minimum atomic E-state index is -1.02. The number of carbonyl (C=O) groups is 1. The Morgan fingerprint density at radius 3 is 2.73 bits per heavy atom. The van der Waals surface area contributed by atoms with E-state index in [0.29, 0.717) is 16.8 Å². The van der Waals surface area contributed by atoms with Crippen LogP contribution in [0.4, 0.5) is 8.78 Å². The molecule has 156 valence electrons. The Morgan fingerprint density at radius 1 is 1.27 bits per heavy atom. The number of halogens is 2. The largest absolute Gasteiger partial charge is 0.493 e. The highest BCUT2D eigenvalue weighted by atomic mass is 19.2. The van der Waals surface area contributed by atoms with Crippen molar-refractivity contribution in [3.05, 3.63) is 69.3 Å². The molecule has 1 fully saturated rings. The van der Waals surface area contributed by atoms with Crippen molar-refractivity contribution >= 4 is 16.8 Å². The molecule has 1 aliphatic carbocycles. The van der Waals surface area contributed by atoms with Gasteiger partial charge in [-0.2, -0.15) is 4.39 Å². The number of aromatic amines is 1. The molecule has 0 bridgehead atoms. The van der Waals surface area contributed by atoms with Gasteiger partial charge < -0.3 is 15.5 Å². The molecule has 0 saturated heterocycles. The van der Waals surface area contributed by atoms with Gasteiger partial charge in [0.15, 0.2) is 17.0 Å². The van der Waals surface area contributed by atoms with Gasteiger partial charge in [-0.1, -0.05) is 13.0 Å². The zero-order valence-electron chi connectivity index (χ0n) is 16.5. The fourth-order valence-corrected chi connectivity index (χ4v) is 4.69. The Kier molecular flexibility index (Phi) is 5.01. The normalized spacial score (nSPS) is 21.1. The minimum Gasteiger partial charge on any atom is -0.493 e. The predicted octanol–water partition coefficient (Wildman–Crippen LogP) is 3.61. The van der Waals surface area contributed by atoms with Gasteiger partial charge in [0.25, 0.3) is 5.91 Å². The van der Waals surface area contributed by atoms with Gasteiger partial charge in [0.2, 0.25) is 5.82 Å². The van der Waals surface area contributed by atoms with E-state index in [2.05, 4.69) is 9.97 Å². The summed E-state index contributed by atoms with van der Waals surface area (Å²) in [4.78, 5) is 31.6. The first-order chi connectivity index (χ1) is 14.3. The van der Waals surface area contributed by atoms with Gasteiger partial charge in [-0.15, -0.1) is 0 Å². The topological polar surface area (TPSA) is 98.1 Å². The average molecular weight is 413 g/mol. The molecule has 3 N–H and O–H groups in total. The SMILES string of the molecule is COc1c([C@H]2[C@H](C)CC[C@@H]2c2cc(=O)c3c(C(N)=O)nccc3[nH]2)ccc(F)c1F. The molecule has 1 amide bonds. The Hall–Kier alpha value is -3.29. The zero-order chi connectivity index (χ0) is 21.6. The van der Waals surface area contributed by atoms with Crippen molar-refractivity contribution in [2.45, 2.75) is 31.6 Å². The molecule has 4 rings (SSSR count). The molecule has 0 aliphatic heterocycles. The van der Waals surface area contributed by atoms with Crippen LogP contribution in [0.25, 0.3) is 10.9 Å². The van der Waals surface area contributed by atoms with Crippen LogP contribution in [-0.4, -0.2) is 23.0 Å². The standard InChI is InChI=1S/C22H21F2N3O3/c1-10-3-4-11(17(10)12-5-6-13(23)19(24)21(12)30-2)15-9-16(28)18-14(27-15)7-8-26-20(18)22(25)29/h5-11,17H,3-4H2,1-2H3,(H2,25,29)(H,27,28)/t10-,11-,17+/m1/s1. The number of hydrogen-bond acceptors (Lipinski definition) is 4. The second-order valence-corrected chi connectivity index (χ2v) is 7.71. The molecule has 0 unspecified atom stereocenters. The molecule has 2 heterocycles. The van der Waals surface area contributed by atoms with Crippen molar-refractivity contribution < 1.29 is 18.3 Å². The first kappa shape index (κ1) is 20.0. The second kappa shape index (κ2) is 7.51. The van der Waals surface area contributed by atoms with Crippen molar-refractivity contribution in [3.63, 3.8) is 0 Å². The third kappa shape index (κ3) is 3.12. The first-order valence-electron chi connectivity index (χ1n) is 9.67. The van der Waals surface area contributed by atoms with E-state index in [9.17, 15) is 18.4 Å². The fourth-order valence-electron chi connectivity index (χ4n) is 4.69. The van der Waals surface area contributed by atoms with Gasteiger partial charge >= 0.3 is 0 Å². The van der Waals surface area contributed by atoms with Crippen molar-refractivity contribution in [1.29, 1.82) is 0 Å². The van der Waals surface area contributed by atoms with E-state index in [4.69, 9.17) is 10.5 Å². The van der Waals surface area contributed by atoms with E-state index >= 15 is 0 Å². The van der Waals surface area contributed by atoms with Gasteiger partial charge in [-0.05, 0) is 36.8 Å². The minimum absolute atomic E-state index is 0.0843. The molecule has 0 spiro atoms. The molecule has 1 saturated carbocycles. The van der Waals surface area contributed by atoms with Crippen LogP contribution < -0.4 is 15.9 Å². The molecule has 6 nitrogen and oxygen atoms in total. The number of fused-ring (bicyclic) bond motifs is 1. The van der Waals surface area contributed by atoms with E-state index < -0.39 is 17.5 Å². The van der Waals surface area contributed by atoms with Crippen LogP contribution in [0.2, 0.25) is 0 Å². The number of carbonyl (C=O) groups excluding carboxylic acids is 1. The number of rotatable bonds is 4. The monoisotopic (exact) mass is 413 g/mol. The molecular weight excluding hydrogens is 392 g/mol. The molecule has 1 aromatic carbocycles. The number of ether oxygens (including phenoxy) is 1. The number of H-pyrrole nitrogens is 1. The van der Waals surface area contributed by atoms with Crippen LogP contribution in [0.15, 0.2) is 35.3 Å². The third-order valence-electron chi connectivity index (χ3n) is 6.02. The number of benzene rings is 1. The Balaban J connectivity index is 1.87. The van der Waals surface area contributed by atoms with E-state index in [1.165, 1.54) is 19.4 Å². The summed E-state index contributed by atoms with van der Waals surface area (Å²) in [6.45, 7) is 2.04. The number of hydrogen-bond donors (Lipinski definition) is 2. The van der Waals surface area contributed by atoms with Crippen molar-refractivity contribution in [2.24, 2.45) is 11.7 Å². The number of aromatic nitrogens is 2. The maximum atomic E-state index is 14.4. The van der Waals surface area contributed by atoms with Crippen LogP contribution in [0.1, 0.15) is 53.3 Å². The average Bonchev–Trinajstić information content (AvgIpc) is 3.10. The third-order valence-corrected chi connectivity index (χ3v) is 6.02. The molecule has 30 heavy (non-hydrogen) atoms. The van der Waals surface area contributed by atoms with E-state index in [0.717, 1.165) is 18.9 Å².